The van der Waals surface area contributed by atoms with E-state index in [2.05, 4.69) is 26.1 Å². The molecule has 8 heteroatoms. The van der Waals surface area contributed by atoms with Gasteiger partial charge in [-0.1, -0.05) is 27.2 Å². The normalized spacial score (nSPS) is 17.9. The van der Waals surface area contributed by atoms with E-state index in [1.807, 2.05) is 0 Å². The Kier molecular flexibility index (Phi) is 7.12. The molecule has 35 heavy (non-hydrogen) atoms. The summed E-state index contributed by atoms with van der Waals surface area (Å²) in [5.74, 6) is -0.721. The van der Waals surface area contributed by atoms with Crippen molar-refractivity contribution in [2.75, 3.05) is 16.8 Å². The van der Waals surface area contributed by atoms with Crippen molar-refractivity contribution >= 4 is 45.7 Å². The molecule has 1 fully saturated rings. The molecule has 2 aliphatic rings. The van der Waals surface area contributed by atoms with E-state index in [1.165, 1.54) is 11.3 Å². The summed E-state index contributed by atoms with van der Waals surface area (Å²) in [6.07, 6.45) is 4.16. The van der Waals surface area contributed by atoms with Crippen LogP contribution >= 0.6 is 11.3 Å². The monoisotopic (exact) mass is 496 g/mol. The van der Waals surface area contributed by atoms with Gasteiger partial charge in [0.1, 0.15) is 5.00 Å². The van der Waals surface area contributed by atoms with Gasteiger partial charge in [-0.15, -0.1) is 11.3 Å². The first-order valence-electron chi connectivity index (χ1n) is 12.2. The minimum absolute atomic E-state index is 0.203. The van der Waals surface area contributed by atoms with E-state index in [0.29, 0.717) is 27.7 Å². The molecular formula is C27H32N2O5S. The van der Waals surface area contributed by atoms with E-state index >= 15 is 0 Å². The van der Waals surface area contributed by atoms with E-state index < -0.39 is 5.97 Å². The Hall–Kier alpha value is -3.00. The van der Waals surface area contributed by atoms with Gasteiger partial charge < -0.3 is 10.1 Å². The van der Waals surface area contributed by atoms with Gasteiger partial charge in [0.15, 0.2) is 0 Å². The second-order valence-corrected chi connectivity index (χ2v) is 10.9. The van der Waals surface area contributed by atoms with Crippen LogP contribution in [0.1, 0.15) is 84.5 Å². The van der Waals surface area contributed by atoms with Crippen LogP contribution < -0.4 is 10.2 Å². The Balaban J connectivity index is 1.59. The molecule has 1 aliphatic heterocycles. The molecule has 1 aliphatic carbocycles. The fourth-order valence-electron chi connectivity index (χ4n) is 4.85. The second-order valence-electron chi connectivity index (χ2n) is 9.83. The molecule has 0 radical (unpaired) electrons. The average Bonchev–Trinajstić information content (AvgIpc) is 3.37. The van der Waals surface area contributed by atoms with Gasteiger partial charge in [-0.25, -0.2) is 4.79 Å². The number of hydrogen-bond donors (Lipinski definition) is 1. The first-order chi connectivity index (χ1) is 16.7. The number of imide groups is 1. The average molecular weight is 497 g/mol. The van der Waals surface area contributed by atoms with Crippen molar-refractivity contribution in [1.82, 2.24) is 0 Å². The number of hydrogen-bond acceptors (Lipinski definition) is 6. The smallest absolute Gasteiger partial charge is 0.341 e. The van der Waals surface area contributed by atoms with Crippen molar-refractivity contribution in [2.45, 2.75) is 66.2 Å². The van der Waals surface area contributed by atoms with Crippen molar-refractivity contribution < 1.29 is 23.9 Å². The van der Waals surface area contributed by atoms with E-state index in [4.69, 9.17) is 4.74 Å². The number of carbonyl (C=O) groups excluding carboxylic acids is 4. The number of nitrogens with zero attached hydrogens (tertiary/aromatic N) is 1. The molecule has 0 unspecified atom stereocenters. The third-order valence-electron chi connectivity index (χ3n) is 7.43. The highest BCUT2D eigenvalue weighted by Crippen LogP contribution is 2.45. The molecule has 7 nitrogen and oxygen atoms in total. The number of fused-ring (bicyclic) bond motifs is 1. The zero-order valence-corrected chi connectivity index (χ0v) is 21.5. The lowest BCUT2D eigenvalue weighted by molar-refractivity contribution is -0.121. The lowest BCUT2D eigenvalue weighted by atomic mass is 9.69. The summed E-state index contributed by atoms with van der Waals surface area (Å²) in [6.45, 7) is 8.82. The first-order valence-corrected chi connectivity index (χ1v) is 13.1. The number of carbonyl (C=O) groups is 4. The minimum Gasteiger partial charge on any atom is -0.462 e. The molecule has 1 atom stereocenters. The zero-order valence-electron chi connectivity index (χ0n) is 20.7. The zero-order chi connectivity index (χ0) is 25.3. The predicted octanol–water partition coefficient (Wildman–Crippen LogP) is 5.37. The van der Waals surface area contributed by atoms with Crippen LogP contribution in [0.4, 0.5) is 10.7 Å². The summed E-state index contributed by atoms with van der Waals surface area (Å²) in [4.78, 5) is 52.2. The highest BCUT2D eigenvalue weighted by Gasteiger charge is 2.36. The predicted molar refractivity (Wildman–Crippen MR) is 136 cm³/mol. The Morgan fingerprint density at radius 2 is 1.74 bits per heavy atom. The molecule has 1 aromatic carbocycles. The van der Waals surface area contributed by atoms with Crippen molar-refractivity contribution in [3.8, 4) is 0 Å². The molecule has 186 valence electrons. The largest absolute Gasteiger partial charge is 0.462 e. The number of ether oxygens (including phenoxy) is 1. The number of anilines is 2. The highest BCUT2D eigenvalue weighted by atomic mass is 32.1. The Morgan fingerprint density at radius 1 is 1.09 bits per heavy atom. The van der Waals surface area contributed by atoms with Gasteiger partial charge in [0.05, 0.1) is 17.9 Å². The summed E-state index contributed by atoms with van der Waals surface area (Å²) in [7, 11) is 0. The van der Waals surface area contributed by atoms with Crippen LogP contribution in [-0.4, -0.2) is 30.3 Å². The van der Waals surface area contributed by atoms with Gasteiger partial charge in [-0.2, -0.15) is 0 Å². The minimum atomic E-state index is -0.407. The first kappa shape index (κ1) is 25.1. The van der Waals surface area contributed by atoms with Gasteiger partial charge in [-0.05, 0) is 67.3 Å². The summed E-state index contributed by atoms with van der Waals surface area (Å²) in [6, 6.07) is 6.36. The maximum Gasteiger partial charge on any atom is 0.341 e. The lowest BCUT2D eigenvalue weighted by Crippen LogP contribution is -2.28. The Bertz CT molecular complexity index is 1150. The standard InChI is InChI=1S/C27H32N2O5S/c1-5-27(3,4)17-9-12-19-20(15-17)35-25(23(19)26(33)34-6-2)28-24(32)16-7-10-18(11-8-16)29-21(30)13-14-22(29)31/h7-8,10-11,17H,5-6,9,12-15H2,1-4H3,(H,28,32)/t17-/m0/s1. The molecule has 0 bridgehead atoms. The SMILES string of the molecule is CCOC(=O)c1c(NC(=O)c2ccc(N3C(=O)CCC3=O)cc2)sc2c1CC[C@H](C(C)(C)CC)C2. The molecule has 2 heterocycles. The summed E-state index contributed by atoms with van der Waals surface area (Å²) < 4.78 is 5.34. The fraction of sp³-hybridized carbons (Fsp3) is 0.481. The van der Waals surface area contributed by atoms with Gasteiger partial charge in [0, 0.05) is 23.3 Å². The van der Waals surface area contributed by atoms with E-state index in [9.17, 15) is 19.2 Å². The van der Waals surface area contributed by atoms with E-state index in [-0.39, 0.29) is 42.6 Å². The van der Waals surface area contributed by atoms with Crippen LogP contribution in [0.15, 0.2) is 24.3 Å². The number of rotatable bonds is 7. The van der Waals surface area contributed by atoms with Crippen molar-refractivity contribution in [3.05, 3.63) is 45.8 Å². The van der Waals surface area contributed by atoms with Crippen LogP contribution in [0.2, 0.25) is 0 Å². The number of thiophene rings is 1. The van der Waals surface area contributed by atoms with Crippen LogP contribution in [0.25, 0.3) is 0 Å². The van der Waals surface area contributed by atoms with Crippen molar-refractivity contribution in [1.29, 1.82) is 0 Å². The van der Waals surface area contributed by atoms with Gasteiger partial charge >= 0.3 is 5.97 Å². The van der Waals surface area contributed by atoms with Gasteiger partial charge in [0.25, 0.3) is 5.91 Å². The van der Waals surface area contributed by atoms with Crippen molar-refractivity contribution in [3.63, 3.8) is 0 Å². The summed E-state index contributed by atoms with van der Waals surface area (Å²) in [5, 5.41) is 3.44. The van der Waals surface area contributed by atoms with Crippen LogP contribution in [0, 0.1) is 11.3 Å². The van der Waals surface area contributed by atoms with E-state index in [1.54, 1.807) is 31.2 Å². The molecule has 1 aromatic heterocycles. The molecule has 4 rings (SSSR count). The number of esters is 1. The molecule has 3 amide bonds. The van der Waals surface area contributed by atoms with Gasteiger partial charge in [-0.3, -0.25) is 19.3 Å². The lowest BCUT2D eigenvalue weighted by Gasteiger charge is -2.36. The molecule has 0 saturated carbocycles. The fourth-order valence-corrected chi connectivity index (χ4v) is 6.16. The number of nitrogens with one attached hydrogen (secondary N) is 1. The molecule has 1 N–H and O–H groups in total. The van der Waals surface area contributed by atoms with Crippen LogP contribution in [0.3, 0.4) is 0 Å². The van der Waals surface area contributed by atoms with Crippen molar-refractivity contribution in [2.24, 2.45) is 11.3 Å². The Morgan fingerprint density at radius 3 is 2.34 bits per heavy atom. The molecule has 0 spiro atoms. The topological polar surface area (TPSA) is 92.8 Å². The number of benzene rings is 1. The number of amides is 3. The molecule has 2 aromatic rings. The summed E-state index contributed by atoms with van der Waals surface area (Å²) in [5.41, 5.74) is 2.50. The third kappa shape index (κ3) is 4.89. The summed E-state index contributed by atoms with van der Waals surface area (Å²) >= 11 is 1.46. The highest BCUT2D eigenvalue weighted by molar-refractivity contribution is 7.17. The third-order valence-corrected chi connectivity index (χ3v) is 8.60. The maximum absolute atomic E-state index is 13.1. The quantitative estimate of drug-likeness (QED) is 0.411. The van der Waals surface area contributed by atoms with Crippen LogP contribution in [-0.2, 0) is 27.2 Å². The van der Waals surface area contributed by atoms with E-state index in [0.717, 1.165) is 41.0 Å². The maximum atomic E-state index is 13.1. The van der Waals surface area contributed by atoms with Gasteiger partial charge in [0.2, 0.25) is 11.8 Å². The second kappa shape index (κ2) is 9.93. The van der Waals surface area contributed by atoms with Crippen LogP contribution in [0.5, 0.6) is 0 Å². The Labute approximate surface area is 209 Å². The molecule has 1 saturated heterocycles. The molecular weight excluding hydrogens is 464 g/mol.